The summed E-state index contributed by atoms with van der Waals surface area (Å²) in [6, 6.07) is 4.29. The Morgan fingerprint density at radius 3 is 1.93 bits per heavy atom. The number of nitrogens with two attached hydrogens (primary N) is 1. The number of hydrogen-bond donors (Lipinski definition) is 3. The lowest BCUT2D eigenvalue weighted by Gasteiger charge is -2.33. The average molecular weight is 582 g/mol. The molecular formula is C23H29F6N7O4. The summed E-state index contributed by atoms with van der Waals surface area (Å²) in [6.07, 6.45) is -6.13. The smallest absolute Gasteiger partial charge is 0.475 e. The molecule has 0 unspecified atom stereocenters. The van der Waals surface area contributed by atoms with Crippen molar-refractivity contribution in [1.29, 1.82) is 5.26 Å². The number of carboxylic acid groups (broad SMARTS) is 2. The molecule has 3 heterocycles. The number of aromatic nitrogens is 4. The average Bonchev–Trinajstić information content (AvgIpc) is 3.28. The van der Waals surface area contributed by atoms with Gasteiger partial charge in [0, 0.05) is 25.3 Å². The number of carbonyl (C=O) groups is 2. The van der Waals surface area contributed by atoms with Crippen LogP contribution in [-0.4, -0.2) is 67.6 Å². The molecule has 0 aliphatic carbocycles. The molecule has 1 saturated heterocycles. The molecule has 2 aromatic rings. The lowest BCUT2D eigenvalue weighted by molar-refractivity contribution is -0.193. The first kappa shape index (κ1) is 34.1. The summed E-state index contributed by atoms with van der Waals surface area (Å²) < 4.78 is 65.4. The van der Waals surface area contributed by atoms with Crippen LogP contribution in [0.4, 0.5) is 32.2 Å². The first-order chi connectivity index (χ1) is 18.2. The van der Waals surface area contributed by atoms with Crippen molar-refractivity contribution >= 4 is 17.8 Å². The Morgan fingerprint density at radius 1 is 1.07 bits per heavy atom. The van der Waals surface area contributed by atoms with Crippen molar-refractivity contribution in [2.75, 3.05) is 18.0 Å². The maximum Gasteiger partial charge on any atom is 0.490 e. The van der Waals surface area contributed by atoms with Gasteiger partial charge in [-0.1, -0.05) is 5.21 Å². The van der Waals surface area contributed by atoms with Crippen molar-refractivity contribution in [3.05, 3.63) is 34.8 Å². The maximum atomic E-state index is 10.6. The second-order valence-corrected chi connectivity index (χ2v) is 9.47. The zero-order valence-electron chi connectivity index (χ0n) is 22.0. The van der Waals surface area contributed by atoms with Gasteiger partial charge in [-0.2, -0.15) is 31.6 Å². The third-order valence-electron chi connectivity index (χ3n) is 5.48. The van der Waals surface area contributed by atoms with Crippen LogP contribution in [0.2, 0.25) is 0 Å². The lowest BCUT2D eigenvalue weighted by Crippen LogP contribution is -2.36. The number of nitrogens with zero attached hydrogens (tertiary/aromatic N) is 6. The number of carboxylic acids is 2. The number of nitriles is 1. The highest BCUT2D eigenvalue weighted by atomic mass is 19.4. The first-order valence-corrected chi connectivity index (χ1v) is 11.6. The summed E-state index contributed by atoms with van der Waals surface area (Å²) in [5.74, 6) is -4.14. The zero-order valence-corrected chi connectivity index (χ0v) is 22.0. The lowest BCUT2D eigenvalue weighted by atomic mass is 9.96. The molecule has 0 amide bonds. The van der Waals surface area contributed by atoms with Crippen LogP contribution in [-0.2, 0) is 21.7 Å². The summed E-state index contributed by atoms with van der Waals surface area (Å²) in [7, 11) is 0. The van der Waals surface area contributed by atoms with Crippen LogP contribution in [0.25, 0.3) is 0 Å². The van der Waals surface area contributed by atoms with Gasteiger partial charge in [-0.15, -0.1) is 5.10 Å². The van der Waals surface area contributed by atoms with Crippen molar-refractivity contribution in [2.24, 2.45) is 11.7 Å². The van der Waals surface area contributed by atoms with Crippen molar-refractivity contribution in [3.63, 3.8) is 0 Å². The van der Waals surface area contributed by atoms with E-state index in [9.17, 15) is 31.6 Å². The highest BCUT2D eigenvalue weighted by Crippen LogP contribution is 2.27. The van der Waals surface area contributed by atoms with Crippen LogP contribution in [0, 0.1) is 31.1 Å². The molecule has 17 heteroatoms. The number of piperidine rings is 1. The highest BCUT2D eigenvalue weighted by molar-refractivity contribution is 5.73. The van der Waals surface area contributed by atoms with Gasteiger partial charge in [-0.05, 0) is 58.1 Å². The Kier molecular flexibility index (Phi) is 11.4. The summed E-state index contributed by atoms with van der Waals surface area (Å²) in [5, 5.41) is 32.2. The molecule has 0 aromatic carbocycles. The highest BCUT2D eigenvalue weighted by Gasteiger charge is 2.38. The van der Waals surface area contributed by atoms with E-state index in [1.807, 2.05) is 44.6 Å². The van der Waals surface area contributed by atoms with E-state index >= 15 is 0 Å². The van der Waals surface area contributed by atoms with Crippen LogP contribution in [0.1, 0.15) is 49.2 Å². The Hall–Kier alpha value is -3.94. The molecule has 0 radical (unpaired) electrons. The van der Waals surface area contributed by atoms with E-state index in [1.165, 1.54) is 0 Å². The fourth-order valence-electron chi connectivity index (χ4n) is 3.46. The number of hydrogen-bond acceptors (Lipinski definition) is 8. The number of aryl methyl sites for hydroxylation is 2. The fraction of sp³-hybridized carbons (Fsp3) is 0.565. The van der Waals surface area contributed by atoms with Gasteiger partial charge in [0.05, 0.1) is 17.3 Å². The molecular weight excluding hydrogens is 552 g/mol. The van der Waals surface area contributed by atoms with Gasteiger partial charge in [-0.25, -0.2) is 14.6 Å². The topological polar surface area (TPSA) is 171 Å². The van der Waals surface area contributed by atoms with Crippen molar-refractivity contribution in [2.45, 2.75) is 65.0 Å². The first-order valence-electron chi connectivity index (χ1n) is 11.6. The van der Waals surface area contributed by atoms with Crippen molar-refractivity contribution in [1.82, 2.24) is 20.0 Å². The third kappa shape index (κ3) is 10.7. The molecule has 2 aromatic heterocycles. The molecule has 11 nitrogen and oxygen atoms in total. The number of anilines is 1. The number of aliphatic carboxylic acids is 2. The monoisotopic (exact) mass is 581 g/mol. The molecule has 1 fully saturated rings. The van der Waals surface area contributed by atoms with E-state index in [0.717, 1.165) is 55.2 Å². The maximum absolute atomic E-state index is 10.6. The van der Waals surface area contributed by atoms with E-state index in [-0.39, 0.29) is 0 Å². The molecule has 0 spiro atoms. The van der Waals surface area contributed by atoms with Crippen molar-refractivity contribution < 1.29 is 46.1 Å². The van der Waals surface area contributed by atoms with Gasteiger partial charge < -0.3 is 20.8 Å². The van der Waals surface area contributed by atoms with Gasteiger partial charge in [0.15, 0.2) is 0 Å². The number of halogens is 6. The van der Waals surface area contributed by atoms with Crippen LogP contribution in [0.3, 0.4) is 0 Å². The molecule has 0 saturated carbocycles. The Labute approximate surface area is 225 Å². The summed E-state index contributed by atoms with van der Waals surface area (Å²) in [6.45, 7) is 10.5. The van der Waals surface area contributed by atoms with Gasteiger partial charge in [-0.3, -0.25) is 4.68 Å². The predicted molar refractivity (Wildman–Crippen MR) is 128 cm³/mol. The number of alkyl halides is 6. The Morgan fingerprint density at radius 2 is 1.55 bits per heavy atom. The summed E-state index contributed by atoms with van der Waals surface area (Å²) in [4.78, 5) is 24.7. The minimum atomic E-state index is -5.08. The summed E-state index contributed by atoms with van der Waals surface area (Å²) >= 11 is 0. The van der Waals surface area contributed by atoms with E-state index in [0.29, 0.717) is 11.5 Å². The van der Waals surface area contributed by atoms with E-state index < -0.39 is 29.8 Å². The van der Waals surface area contributed by atoms with Gasteiger partial charge in [0.1, 0.15) is 17.6 Å². The van der Waals surface area contributed by atoms with E-state index in [2.05, 4.69) is 26.3 Å². The van der Waals surface area contributed by atoms with Crippen LogP contribution >= 0.6 is 0 Å². The van der Waals surface area contributed by atoms with E-state index in [1.54, 1.807) is 0 Å². The molecule has 0 bridgehead atoms. The molecule has 1 aliphatic rings. The van der Waals surface area contributed by atoms with Crippen LogP contribution in [0.5, 0.6) is 0 Å². The van der Waals surface area contributed by atoms with Gasteiger partial charge in [0.2, 0.25) is 0 Å². The zero-order chi connectivity index (χ0) is 31.1. The largest absolute Gasteiger partial charge is 0.490 e. The number of pyridine rings is 1. The quantitative estimate of drug-likeness (QED) is 0.454. The molecule has 40 heavy (non-hydrogen) atoms. The molecule has 222 valence electrons. The van der Waals surface area contributed by atoms with Gasteiger partial charge >= 0.3 is 24.3 Å². The van der Waals surface area contributed by atoms with Crippen LogP contribution in [0.15, 0.2) is 12.3 Å². The molecule has 1 aliphatic heterocycles. The predicted octanol–water partition coefficient (Wildman–Crippen LogP) is 3.54. The fourth-order valence-corrected chi connectivity index (χ4v) is 3.46. The van der Waals surface area contributed by atoms with Crippen molar-refractivity contribution in [3.8, 4) is 6.07 Å². The third-order valence-corrected chi connectivity index (χ3v) is 5.48. The van der Waals surface area contributed by atoms with E-state index in [4.69, 9.17) is 25.5 Å². The van der Waals surface area contributed by atoms with Gasteiger partial charge in [0.25, 0.3) is 0 Å². The minimum Gasteiger partial charge on any atom is -0.475 e. The number of rotatable bonds is 4. The standard InChI is InChI=1S/C19H27N7.2C2HF3O2/c1-13-9-14(2)22-18(16(13)10-20)25-7-5-15(6-8-25)11-26-12-17(23-24-26)19(3,4)21;2*3-2(4,5)1(6)7/h9,12,15H,5-8,11,21H2,1-4H3;2*(H,6,7). The Balaban J connectivity index is 0.000000473. The second kappa shape index (κ2) is 13.4. The van der Waals surface area contributed by atoms with Crippen LogP contribution < -0.4 is 10.6 Å². The Bertz CT molecular complexity index is 1180. The SMILES string of the molecule is Cc1cc(C)c(C#N)c(N2CCC(Cn3cc(C(C)(C)N)nn3)CC2)n1.O=C(O)C(F)(F)F.O=C(O)C(F)(F)F. The minimum absolute atomic E-state index is 0.468. The summed E-state index contributed by atoms with van der Waals surface area (Å²) in [5.41, 5.74) is 9.07. The molecule has 3 rings (SSSR count). The molecule has 4 N–H and O–H groups in total. The second-order valence-electron chi connectivity index (χ2n) is 9.47. The molecule has 0 atom stereocenters. The normalized spacial score (nSPS) is 14.3.